The smallest absolute Gasteiger partial charge is 0.387 e. The third-order valence-corrected chi connectivity index (χ3v) is 5.77. The first-order chi connectivity index (χ1) is 13.2. The zero-order valence-corrected chi connectivity index (χ0v) is 17.2. The fourth-order valence-corrected chi connectivity index (χ4v) is 4.40. The van der Waals surface area contributed by atoms with Gasteiger partial charge < -0.3 is 15.4 Å². The number of sulfonamides is 1. The van der Waals surface area contributed by atoms with Crippen LogP contribution < -0.4 is 15.4 Å². The first kappa shape index (κ1) is 22.4. The van der Waals surface area contributed by atoms with Crippen LogP contribution in [0.4, 0.5) is 8.78 Å². The number of nitrogens with one attached hydrogen (secondary N) is 2. The minimum Gasteiger partial charge on any atom is -0.434 e. The molecule has 1 saturated heterocycles. The Kier molecular flexibility index (Phi) is 7.99. The van der Waals surface area contributed by atoms with E-state index in [9.17, 15) is 17.2 Å². The molecule has 10 heteroatoms. The molecule has 1 aromatic rings. The topological polar surface area (TPSA) is 83.0 Å². The van der Waals surface area contributed by atoms with E-state index in [1.807, 2.05) is 13.8 Å². The van der Waals surface area contributed by atoms with Gasteiger partial charge in [-0.25, -0.2) is 13.4 Å². The molecule has 0 aromatic heterocycles. The van der Waals surface area contributed by atoms with Crippen molar-refractivity contribution in [1.29, 1.82) is 0 Å². The van der Waals surface area contributed by atoms with E-state index in [1.165, 1.54) is 16.6 Å². The Labute approximate surface area is 165 Å². The lowest BCUT2D eigenvalue weighted by atomic mass is 10.1. The summed E-state index contributed by atoms with van der Waals surface area (Å²) in [6.45, 7) is 2.58. The summed E-state index contributed by atoms with van der Waals surface area (Å²) in [7, 11) is -3.24. The summed E-state index contributed by atoms with van der Waals surface area (Å²) < 4.78 is 55.0. The molecule has 1 aromatic carbocycles. The van der Waals surface area contributed by atoms with Gasteiger partial charge in [0.1, 0.15) is 5.75 Å². The zero-order valence-electron chi connectivity index (χ0n) is 16.4. The standard InChI is InChI=1S/C18H28F2N4O3S/c1-4-21-18(23-12-15-6-5-9-24(15)28(3,25)26)22-11-14-10-13(2)7-8-16(14)27-17(19)20/h7-8,10,15,17H,4-6,9,11-12H2,1-3H3,(H2,21,22,23)/t15-/m1/s1. The Bertz CT molecular complexity index is 787. The third kappa shape index (κ3) is 6.59. The monoisotopic (exact) mass is 418 g/mol. The largest absolute Gasteiger partial charge is 0.434 e. The number of halogens is 2. The molecule has 1 aliphatic heterocycles. The normalized spacial score (nSPS) is 18.5. The van der Waals surface area contributed by atoms with Crippen molar-refractivity contribution in [2.75, 3.05) is 25.9 Å². The van der Waals surface area contributed by atoms with Crippen LogP contribution in [0.1, 0.15) is 30.9 Å². The lowest BCUT2D eigenvalue weighted by Gasteiger charge is -2.23. The molecule has 158 valence electrons. The molecule has 0 saturated carbocycles. The van der Waals surface area contributed by atoms with Crippen LogP contribution in [0, 0.1) is 6.92 Å². The second-order valence-electron chi connectivity index (χ2n) is 6.74. The molecular formula is C18H28F2N4O3S. The van der Waals surface area contributed by atoms with Crippen molar-refractivity contribution >= 4 is 16.0 Å². The van der Waals surface area contributed by atoms with Crippen molar-refractivity contribution in [2.45, 2.75) is 45.9 Å². The molecule has 1 atom stereocenters. The van der Waals surface area contributed by atoms with E-state index in [4.69, 9.17) is 0 Å². The highest BCUT2D eigenvalue weighted by molar-refractivity contribution is 7.88. The number of ether oxygens (including phenoxy) is 1. The SMILES string of the molecule is CCNC(=NCc1cc(C)ccc1OC(F)F)NC[C@H]1CCCN1S(C)(=O)=O. The summed E-state index contributed by atoms with van der Waals surface area (Å²) in [6.07, 6.45) is 2.82. The second-order valence-corrected chi connectivity index (χ2v) is 8.67. The summed E-state index contributed by atoms with van der Waals surface area (Å²) in [5.41, 5.74) is 1.47. The predicted octanol–water partition coefficient (Wildman–Crippen LogP) is 2.08. The maximum atomic E-state index is 12.6. The number of benzene rings is 1. The van der Waals surface area contributed by atoms with Crippen molar-refractivity contribution < 1.29 is 21.9 Å². The summed E-state index contributed by atoms with van der Waals surface area (Å²) >= 11 is 0. The van der Waals surface area contributed by atoms with Gasteiger partial charge in [0.05, 0.1) is 12.8 Å². The van der Waals surface area contributed by atoms with Crippen molar-refractivity contribution in [2.24, 2.45) is 4.99 Å². The van der Waals surface area contributed by atoms with Crippen molar-refractivity contribution in [3.05, 3.63) is 29.3 Å². The average molecular weight is 419 g/mol. The highest BCUT2D eigenvalue weighted by Gasteiger charge is 2.31. The summed E-state index contributed by atoms with van der Waals surface area (Å²) in [4.78, 5) is 4.44. The van der Waals surface area contributed by atoms with Gasteiger partial charge in [-0.05, 0) is 32.8 Å². The first-order valence-electron chi connectivity index (χ1n) is 9.24. The highest BCUT2D eigenvalue weighted by atomic mass is 32.2. The number of guanidine groups is 1. The molecule has 0 aliphatic carbocycles. The van der Waals surface area contributed by atoms with Gasteiger partial charge in [0.15, 0.2) is 5.96 Å². The van der Waals surface area contributed by atoms with E-state index < -0.39 is 16.6 Å². The van der Waals surface area contributed by atoms with Crippen molar-refractivity contribution in [3.63, 3.8) is 0 Å². The van der Waals surface area contributed by atoms with E-state index in [0.717, 1.165) is 18.4 Å². The lowest BCUT2D eigenvalue weighted by molar-refractivity contribution is -0.0504. The molecule has 2 rings (SSSR count). The molecule has 0 amide bonds. The van der Waals surface area contributed by atoms with E-state index in [0.29, 0.717) is 31.2 Å². The number of hydrogen-bond acceptors (Lipinski definition) is 4. The molecule has 0 spiro atoms. The van der Waals surface area contributed by atoms with Crippen LogP contribution in [-0.2, 0) is 16.6 Å². The van der Waals surface area contributed by atoms with Gasteiger partial charge in [0.2, 0.25) is 10.0 Å². The zero-order chi connectivity index (χ0) is 20.7. The van der Waals surface area contributed by atoms with Crippen LogP contribution in [0.5, 0.6) is 5.75 Å². The number of nitrogens with zero attached hydrogens (tertiary/aromatic N) is 2. The molecule has 1 fully saturated rings. The Morgan fingerprint density at radius 3 is 2.79 bits per heavy atom. The summed E-state index contributed by atoms with van der Waals surface area (Å²) in [5.74, 6) is 0.589. The van der Waals surface area contributed by atoms with Crippen LogP contribution in [0.15, 0.2) is 23.2 Å². The molecule has 0 unspecified atom stereocenters. The Balaban J connectivity index is 2.07. The van der Waals surface area contributed by atoms with E-state index in [2.05, 4.69) is 20.4 Å². The van der Waals surface area contributed by atoms with Crippen molar-refractivity contribution in [1.82, 2.24) is 14.9 Å². The van der Waals surface area contributed by atoms with Gasteiger partial charge in [-0.1, -0.05) is 17.7 Å². The van der Waals surface area contributed by atoms with Gasteiger partial charge in [0, 0.05) is 31.2 Å². The molecule has 0 radical (unpaired) electrons. The molecule has 1 aliphatic rings. The average Bonchev–Trinajstić information content (AvgIpc) is 3.08. The van der Waals surface area contributed by atoms with E-state index in [1.54, 1.807) is 12.1 Å². The maximum Gasteiger partial charge on any atom is 0.387 e. The van der Waals surface area contributed by atoms with Crippen LogP contribution >= 0.6 is 0 Å². The minimum absolute atomic E-state index is 0.0965. The molecule has 1 heterocycles. The Morgan fingerprint density at radius 2 is 2.14 bits per heavy atom. The molecule has 28 heavy (non-hydrogen) atoms. The molecule has 2 N–H and O–H groups in total. The minimum atomic E-state index is -3.24. The second kappa shape index (κ2) is 10.0. The number of alkyl halides is 2. The summed E-state index contributed by atoms with van der Waals surface area (Å²) in [5, 5.41) is 6.24. The third-order valence-electron chi connectivity index (χ3n) is 4.44. The van der Waals surface area contributed by atoms with Gasteiger partial charge in [0.25, 0.3) is 0 Å². The van der Waals surface area contributed by atoms with Gasteiger partial charge in [-0.15, -0.1) is 0 Å². The fraction of sp³-hybridized carbons (Fsp3) is 0.611. The van der Waals surface area contributed by atoms with Gasteiger partial charge in [-0.2, -0.15) is 13.1 Å². The van der Waals surface area contributed by atoms with Crippen LogP contribution in [-0.4, -0.2) is 57.2 Å². The van der Waals surface area contributed by atoms with Crippen LogP contribution in [0.25, 0.3) is 0 Å². The number of aryl methyl sites for hydroxylation is 1. The Hall–Kier alpha value is -1.94. The van der Waals surface area contributed by atoms with Crippen molar-refractivity contribution in [3.8, 4) is 5.75 Å². The molecule has 7 nitrogen and oxygen atoms in total. The summed E-state index contributed by atoms with van der Waals surface area (Å²) in [6, 6.07) is 4.84. The number of aliphatic imine (C=N–C) groups is 1. The van der Waals surface area contributed by atoms with Gasteiger partial charge in [-0.3, -0.25) is 0 Å². The predicted molar refractivity (Wildman–Crippen MR) is 105 cm³/mol. The first-order valence-corrected chi connectivity index (χ1v) is 11.1. The van der Waals surface area contributed by atoms with Gasteiger partial charge >= 0.3 is 6.61 Å². The molecular weight excluding hydrogens is 390 g/mol. The molecule has 0 bridgehead atoms. The van der Waals surface area contributed by atoms with E-state index >= 15 is 0 Å². The Morgan fingerprint density at radius 1 is 1.39 bits per heavy atom. The highest BCUT2D eigenvalue weighted by Crippen LogP contribution is 2.23. The number of rotatable bonds is 8. The van der Waals surface area contributed by atoms with E-state index in [-0.39, 0.29) is 18.3 Å². The number of hydrogen-bond donors (Lipinski definition) is 2. The van der Waals surface area contributed by atoms with Crippen LogP contribution in [0.3, 0.4) is 0 Å². The maximum absolute atomic E-state index is 12.6. The quantitative estimate of drug-likeness (QED) is 0.499. The lowest BCUT2D eigenvalue weighted by Crippen LogP contribution is -2.46. The van der Waals surface area contributed by atoms with Crippen LogP contribution in [0.2, 0.25) is 0 Å². The fourth-order valence-electron chi connectivity index (χ4n) is 3.21.